The zero-order valence-electron chi connectivity index (χ0n) is 10.9. The summed E-state index contributed by atoms with van der Waals surface area (Å²) in [6.45, 7) is 1.74. The van der Waals surface area contributed by atoms with Crippen molar-refractivity contribution in [3.63, 3.8) is 0 Å². The summed E-state index contributed by atoms with van der Waals surface area (Å²) in [5.41, 5.74) is 1.15. The maximum Gasteiger partial charge on any atom is 0.271 e. The number of aryl methyl sites for hydroxylation is 1. The molecule has 2 aromatic rings. The van der Waals surface area contributed by atoms with Gasteiger partial charge in [0.15, 0.2) is 0 Å². The van der Waals surface area contributed by atoms with Gasteiger partial charge in [-0.15, -0.1) is 0 Å². The van der Waals surface area contributed by atoms with Gasteiger partial charge in [0.05, 0.1) is 26.2 Å². The van der Waals surface area contributed by atoms with Crippen molar-refractivity contribution < 1.29 is 9.72 Å². The van der Waals surface area contributed by atoms with E-state index in [1.807, 2.05) is 0 Å². The average Bonchev–Trinajstić information content (AvgIpc) is 2.43. The van der Waals surface area contributed by atoms with Crippen LogP contribution in [-0.4, -0.2) is 10.8 Å². The molecule has 0 radical (unpaired) electrons. The van der Waals surface area contributed by atoms with Crippen LogP contribution in [0.3, 0.4) is 0 Å². The van der Waals surface area contributed by atoms with Crippen LogP contribution in [0.2, 0.25) is 10.0 Å². The third-order valence-electron chi connectivity index (χ3n) is 2.88. The summed E-state index contributed by atoms with van der Waals surface area (Å²) in [6.07, 6.45) is 0. The van der Waals surface area contributed by atoms with Crippen LogP contribution in [0.25, 0.3) is 0 Å². The highest BCUT2D eigenvalue weighted by Gasteiger charge is 2.15. The lowest BCUT2D eigenvalue weighted by Gasteiger charge is -2.09. The van der Waals surface area contributed by atoms with Gasteiger partial charge < -0.3 is 5.32 Å². The van der Waals surface area contributed by atoms with E-state index in [1.54, 1.807) is 25.1 Å². The molecule has 0 atom stereocenters. The van der Waals surface area contributed by atoms with E-state index in [1.165, 1.54) is 18.2 Å². The second-order valence-corrected chi connectivity index (χ2v) is 5.10. The zero-order chi connectivity index (χ0) is 15.6. The van der Waals surface area contributed by atoms with E-state index in [0.29, 0.717) is 11.3 Å². The molecular formula is C14H10Cl2N2O3. The van der Waals surface area contributed by atoms with Gasteiger partial charge in [-0.3, -0.25) is 14.9 Å². The van der Waals surface area contributed by atoms with Crippen LogP contribution in [0, 0.1) is 17.0 Å². The number of amides is 1. The average molecular weight is 325 g/mol. The van der Waals surface area contributed by atoms with Crippen molar-refractivity contribution in [3.05, 3.63) is 67.7 Å². The van der Waals surface area contributed by atoms with Crippen molar-refractivity contribution in [3.8, 4) is 0 Å². The van der Waals surface area contributed by atoms with Crippen molar-refractivity contribution in [2.75, 3.05) is 5.32 Å². The maximum absolute atomic E-state index is 12.2. The second-order valence-electron chi connectivity index (χ2n) is 4.31. The molecule has 0 aliphatic heterocycles. The molecule has 21 heavy (non-hydrogen) atoms. The fraction of sp³-hybridized carbons (Fsp3) is 0.0714. The Kier molecular flexibility index (Phi) is 4.45. The minimum Gasteiger partial charge on any atom is -0.321 e. The first-order valence-corrected chi connectivity index (χ1v) is 6.66. The fourth-order valence-corrected chi connectivity index (χ4v) is 2.11. The topological polar surface area (TPSA) is 72.2 Å². The van der Waals surface area contributed by atoms with E-state index in [2.05, 4.69) is 5.32 Å². The van der Waals surface area contributed by atoms with E-state index in [9.17, 15) is 14.9 Å². The second kappa shape index (κ2) is 6.11. The molecule has 0 aliphatic carbocycles. The van der Waals surface area contributed by atoms with Crippen molar-refractivity contribution in [2.45, 2.75) is 6.92 Å². The summed E-state index contributed by atoms with van der Waals surface area (Å²) in [6, 6.07) is 8.93. The van der Waals surface area contributed by atoms with Crippen LogP contribution in [0.4, 0.5) is 11.4 Å². The largest absolute Gasteiger partial charge is 0.321 e. The molecule has 2 aromatic carbocycles. The van der Waals surface area contributed by atoms with Gasteiger partial charge in [0.25, 0.3) is 11.6 Å². The Bertz CT molecular complexity index is 732. The smallest absolute Gasteiger partial charge is 0.271 e. The minimum absolute atomic E-state index is 0.104. The molecule has 1 amide bonds. The third-order valence-corrected chi connectivity index (χ3v) is 3.70. The predicted octanol–water partition coefficient (Wildman–Crippen LogP) is 4.46. The summed E-state index contributed by atoms with van der Waals surface area (Å²) in [5.74, 6) is -0.480. The highest BCUT2D eigenvalue weighted by Crippen LogP contribution is 2.27. The molecule has 0 aliphatic rings. The molecule has 0 aromatic heterocycles. The normalized spacial score (nSPS) is 10.2. The Morgan fingerprint density at radius 3 is 2.62 bits per heavy atom. The van der Waals surface area contributed by atoms with E-state index in [0.717, 1.165) is 0 Å². The summed E-state index contributed by atoms with van der Waals surface area (Å²) in [7, 11) is 0. The lowest BCUT2D eigenvalue weighted by molar-refractivity contribution is -0.384. The molecule has 0 spiro atoms. The number of anilines is 1. The Hall–Kier alpha value is -2.11. The van der Waals surface area contributed by atoms with Gasteiger partial charge in [-0.1, -0.05) is 35.3 Å². The molecule has 0 fully saturated rings. The van der Waals surface area contributed by atoms with E-state index >= 15 is 0 Å². The van der Waals surface area contributed by atoms with E-state index in [4.69, 9.17) is 23.2 Å². The summed E-state index contributed by atoms with van der Waals surface area (Å²) in [4.78, 5) is 22.4. The van der Waals surface area contributed by atoms with Crippen LogP contribution in [0.15, 0.2) is 36.4 Å². The van der Waals surface area contributed by atoms with Crippen molar-refractivity contribution >= 4 is 40.5 Å². The number of hydrogen-bond acceptors (Lipinski definition) is 3. The molecular weight excluding hydrogens is 315 g/mol. The monoisotopic (exact) mass is 324 g/mol. The molecule has 0 bridgehead atoms. The minimum atomic E-state index is -0.526. The van der Waals surface area contributed by atoms with Crippen LogP contribution in [0.1, 0.15) is 15.9 Å². The highest BCUT2D eigenvalue weighted by atomic mass is 35.5. The number of hydrogen-bond donors (Lipinski definition) is 1. The molecule has 7 heteroatoms. The Morgan fingerprint density at radius 1 is 1.24 bits per heavy atom. The van der Waals surface area contributed by atoms with Crippen LogP contribution in [-0.2, 0) is 0 Å². The van der Waals surface area contributed by atoms with E-state index < -0.39 is 10.8 Å². The highest BCUT2D eigenvalue weighted by molar-refractivity contribution is 6.44. The lowest BCUT2D eigenvalue weighted by atomic mass is 10.1. The quantitative estimate of drug-likeness (QED) is 0.669. The number of rotatable bonds is 3. The standard InChI is InChI=1S/C14H10Cl2N2O3/c1-8-5-6-9(18(20)21)7-12(8)17-14(19)10-3-2-4-11(15)13(10)16/h2-7H,1H3,(H,17,19). The SMILES string of the molecule is Cc1ccc([N+](=O)[O-])cc1NC(=O)c1cccc(Cl)c1Cl. The first-order chi connectivity index (χ1) is 9.90. The molecule has 2 rings (SSSR count). The van der Waals surface area contributed by atoms with Gasteiger partial charge in [0.2, 0.25) is 0 Å². The number of nitro groups is 1. The first kappa shape index (κ1) is 15.3. The molecule has 1 N–H and O–H groups in total. The zero-order valence-corrected chi connectivity index (χ0v) is 12.4. The van der Waals surface area contributed by atoms with Crippen molar-refractivity contribution in [1.82, 2.24) is 0 Å². The number of nitro benzene ring substituents is 1. The van der Waals surface area contributed by atoms with Crippen molar-refractivity contribution in [2.24, 2.45) is 0 Å². The Balaban J connectivity index is 2.33. The fourth-order valence-electron chi connectivity index (χ4n) is 1.73. The number of carbonyl (C=O) groups excluding carboxylic acids is 1. The van der Waals surface area contributed by atoms with Crippen molar-refractivity contribution in [1.29, 1.82) is 0 Å². The van der Waals surface area contributed by atoms with Crippen LogP contribution in [0.5, 0.6) is 0 Å². The molecule has 0 heterocycles. The third kappa shape index (κ3) is 3.32. The first-order valence-electron chi connectivity index (χ1n) is 5.90. The van der Waals surface area contributed by atoms with Gasteiger partial charge >= 0.3 is 0 Å². The van der Waals surface area contributed by atoms with Gasteiger partial charge in [0.1, 0.15) is 0 Å². The maximum atomic E-state index is 12.2. The number of carbonyl (C=O) groups is 1. The predicted molar refractivity (Wildman–Crippen MR) is 82.2 cm³/mol. The molecule has 108 valence electrons. The molecule has 0 unspecified atom stereocenters. The lowest BCUT2D eigenvalue weighted by Crippen LogP contribution is -2.13. The molecule has 0 saturated carbocycles. The number of halogens is 2. The number of benzene rings is 2. The molecule has 0 saturated heterocycles. The van der Waals surface area contributed by atoms with Gasteiger partial charge in [-0.2, -0.15) is 0 Å². The van der Waals surface area contributed by atoms with E-state index in [-0.39, 0.29) is 21.3 Å². The number of non-ortho nitro benzene ring substituents is 1. The van der Waals surface area contributed by atoms with Crippen LogP contribution < -0.4 is 5.32 Å². The Labute approximate surface area is 130 Å². The summed E-state index contributed by atoms with van der Waals surface area (Å²) >= 11 is 11.8. The van der Waals surface area contributed by atoms with Gasteiger partial charge in [-0.05, 0) is 24.6 Å². The number of nitrogens with zero attached hydrogens (tertiary/aromatic N) is 1. The molecule has 5 nitrogen and oxygen atoms in total. The van der Waals surface area contributed by atoms with Gasteiger partial charge in [-0.25, -0.2) is 0 Å². The summed E-state index contributed by atoms with van der Waals surface area (Å²) in [5, 5.41) is 13.8. The van der Waals surface area contributed by atoms with Crippen LogP contribution >= 0.6 is 23.2 Å². The summed E-state index contributed by atoms with van der Waals surface area (Å²) < 4.78 is 0. The van der Waals surface area contributed by atoms with Gasteiger partial charge in [0, 0.05) is 12.1 Å². The number of nitrogens with one attached hydrogen (secondary N) is 1. The Morgan fingerprint density at radius 2 is 1.95 bits per heavy atom.